The second kappa shape index (κ2) is 6.59. The van der Waals surface area contributed by atoms with Gasteiger partial charge in [0.25, 0.3) is 0 Å². The molecule has 9 heteroatoms. The molecule has 4 aliphatic carbocycles. The van der Waals surface area contributed by atoms with Gasteiger partial charge in [-0.1, -0.05) is 0 Å². The minimum absolute atomic E-state index is 0.0591. The van der Waals surface area contributed by atoms with Crippen molar-refractivity contribution < 1.29 is 18.0 Å². The maximum atomic E-state index is 12.9. The van der Waals surface area contributed by atoms with Crippen LogP contribution in [-0.2, 0) is 16.5 Å². The third-order valence-electron chi connectivity index (χ3n) is 7.29. The van der Waals surface area contributed by atoms with Gasteiger partial charge in [0.05, 0.1) is 5.54 Å². The van der Waals surface area contributed by atoms with Gasteiger partial charge in [0, 0.05) is 18.0 Å². The molecule has 0 aromatic carbocycles. The fourth-order valence-corrected chi connectivity index (χ4v) is 6.36. The van der Waals surface area contributed by atoms with Crippen molar-refractivity contribution in [1.82, 2.24) is 19.6 Å². The number of hydrogen-bond donors (Lipinski definition) is 1. The average molecular weight is 421 g/mol. The van der Waals surface area contributed by atoms with Crippen LogP contribution in [0.4, 0.5) is 19.0 Å². The van der Waals surface area contributed by atoms with Crippen molar-refractivity contribution in [3.05, 3.63) is 29.7 Å². The monoisotopic (exact) mass is 421 g/mol. The summed E-state index contributed by atoms with van der Waals surface area (Å²) in [5.74, 6) is 2.34. The summed E-state index contributed by atoms with van der Waals surface area (Å²) < 4.78 is 41.9. The number of hydrogen-bond acceptors (Lipinski definition) is 3. The van der Waals surface area contributed by atoms with Gasteiger partial charge in [0.1, 0.15) is 6.04 Å². The van der Waals surface area contributed by atoms with Gasteiger partial charge in [-0.05, 0) is 76.2 Å². The summed E-state index contributed by atoms with van der Waals surface area (Å²) in [6.45, 7) is 3.04. The summed E-state index contributed by atoms with van der Waals surface area (Å²) >= 11 is 0. The second-order valence-corrected chi connectivity index (χ2v) is 9.57. The Morgan fingerprint density at radius 2 is 1.77 bits per heavy atom. The zero-order valence-electron chi connectivity index (χ0n) is 17.1. The molecule has 0 unspecified atom stereocenters. The molecule has 4 aliphatic rings. The average Bonchev–Trinajstić information content (AvgIpc) is 3.27. The molecule has 1 amide bonds. The Balaban J connectivity index is 1.31. The molecule has 1 N–H and O–H groups in total. The number of alkyl halides is 3. The summed E-state index contributed by atoms with van der Waals surface area (Å²) in [5.41, 5.74) is -0.654. The highest BCUT2D eigenvalue weighted by atomic mass is 19.4. The van der Waals surface area contributed by atoms with E-state index in [-0.39, 0.29) is 11.2 Å². The lowest BCUT2D eigenvalue weighted by molar-refractivity contribution is -0.141. The van der Waals surface area contributed by atoms with Crippen LogP contribution in [0, 0.1) is 24.7 Å². The van der Waals surface area contributed by atoms with Crippen LogP contribution in [0.15, 0.2) is 18.3 Å². The van der Waals surface area contributed by atoms with Crippen molar-refractivity contribution in [3.63, 3.8) is 0 Å². The zero-order chi connectivity index (χ0) is 21.3. The number of amides is 1. The maximum Gasteiger partial charge on any atom is 0.435 e. The van der Waals surface area contributed by atoms with E-state index in [0.29, 0.717) is 5.82 Å². The molecular formula is C21H26F3N5O. The Bertz CT molecular complexity index is 940. The number of carbonyl (C=O) groups is 1. The van der Waals surface area contributed by atoms with Gasteiger partial charge >= 0.3 is 6.18 Å². The van der Waals surface area contributed by atoms with Crippen molar-refractivity contribution in [2.24, 2.45) is 17.8 Å². The minimum atomic E-state index is -4.54. The fraction of sp³-hybridized carbons (Fsp3) is 0.667. The van der Waals surface area contributed by atoms with Gasteiger partial charge in [-0.2, -0.15) is 23.4 Å². The first-order chi connectivity index (χ1) is 14.1. The van der Waals surface area contributed by atoms with Crippen LogP contribution in [-0.4, -0.2) is 25.5 Å². The molecule has 0 spiro atoms. The number of carbonyl (C=O) groups excluding carboxylic acids is 1. The van der Waals surface area contributed by atoms with Crippen LogP contribution in [0.3, 0.4) is 0 Å². The lowest BCUT2D eigenvalue weighted by Gasteiger charge is -2.56. The molecule has 4 saturated carbocycles. The Morgan fingerprint density at radius 1 is 1.17 bits per heavy atom. The quantitative estimate of drug-likeness (QED) is 0.789. The summed E-state index contributed by atoms with van der Waals surface area (Å²) in [7, 11) is 0. The van der Waals surface area contributed by atoms with Crippen LogP contribution in [0.25, 0.3) is 0 Å². The summed E-state index contributed by atoms with van der Waals surface area (Å²) in [4.78, 5) is 12.7. The molecule has 162 valence electrons. The number of nitrogens with one attached hydrogen (secondary N) is 1. The lowest BCUT2D eigenvalue weighted by atomic mass is 9.53. The SMILES string of the molecule is Cc1cc(C(F)(F)F)nn1[C@@H](C)C(=O)Nc1ccn(C23CC4CC(CC(C4)C2)C3)n1. The van der Waals surface area contributed by atoms with E-state index in [2.05, 4.69) is 15.5 Å². The fourth-order valence-electron chi connectivity index (χ4n) is 6.36. The van der Waals surface area contributed by atoms with Crippen LogP contribution in [0.1, 0.15) is 62.9 Å². The zero-order valence-corrected chi connectivity index (χ0v) is 17.1. The third kappa shape index (κ3) is 3.22. The molecule has 0 radical (unpaired) electrons. The van der Waals surface area contributed by atoms with E-state index in [1.807, 2.05) is 10.9 Å². The van der Waals surface area contributed by atoms with Gasteiger partial charge in [0.15, 0.2) is 11.5 Å². The molecule has 6 rings (SSSR count). The Hall–Kier alpha value is -2.32. The lowest BCUT2D eigenvalue weighted by Crippen LogP contribution is -2.52. The van der Waals surface area contributed by atoms with Gasteiger partial charge in [-0.25, -0.2) is 0 Å². The number of aryl methyl sites for hydroxylation is 1. The molecule has 0 saturated heterocycles. The molecule has 2 aromatic rings. The number of nitrogens with zero attached hydrogens (tertiary/aromatic N) is 4. The van der Waals surface area contributed by atoms with Crippen LogP contribution in [0.2, 0.25) is 0 Å². The summed E-state index contributed by atoms with van der Waals surface area (Å²) in [6.07, 6.45) is 4.86. The van der Waals surface area contributed by atoms with Crippen LogP contribution >= 0.6 is 0 Å². The van der Waals surface area contributed by atoms with E-state index < -0.39 is 23.8 Å². The van der Waals surface area contributed by atoms with E-state index in [0.717, 1.165) is 47.8 Å². The molecule has 0 aliphatic heterocycles. The van der Waals surface area contributed by atoms with Crippen molar-refractivity contribution >= 4 is 11.7 Å². The van der Waals surface area contributed by atoms with E-state index in [4.69, 9.17) is 0 Å². The van der Waals surface area contributed by atoms with Crippen molar-refractivity contribution in [2.45, 2.75) is 70.1 Å². The maximum absolute atomic E-state index is 12.9. The first kappa shape index (κ1) is 19.6. The predicted molar refractivity (Wildman–Crippen MR) is 104 cm³/mol. The molecular weight excluding hydrogens is 395 g/mol. The van der Waals surface area contributed by atoms with Gasteiger partial charge in [0.2, 0.25) is 5.91 Å². The second-order valence-electron chi connectivity index (χ2n) is 9.57. The standard InChI is InChI=1S/C21H26F3N5O/c1-12-5-17(21(22,23)24)26-29(12)13(2)19(30)25-18-3-4-28(27-18)20-9-14-6-15(10-20)8-16(7-14)11-20/h3-5,13-16H,6-11H2,1-2H3,(H,25,27,30)/t13-,14?,15?,16?,20?/m0/s1. The Labute approximate surface area is 172 Å². The molecule has 4 fully saturated rings. The minimum Gasteiger partial charge on any atom is -0.307 e. The smallest absolute Gasteiger partial charge is 0.307 e. The van der Waals surface area contributed by atoms with Gasteiger partial charge < -0.3 is 5.32 Å². The van der Waals surface area contributed by atoms with Gasteiger partial charge in [-0.3, -0.25) is 14.2 Å². The predicted octanol–water partition coefficient (Wildman–Crippen LogP) is 4.53. The van der Waals surface area contributed by atoms with Crippen molar-refractivity contribution in [3.8, 4) is 0 Å². The highest BCUT2D eigenvalue weighted by Gasteiger charge is 2.52. The molecule has 30 heavy (non-hydrogen) atoms. The number of halogens is 3. The number of aromatic nitrogens is 4. The van der Waals surface area contributed by atoms with E-state index in [1.54, 1.807) is 6.07 Å². The first-order valence-electron chi connectivity index (χ1n) is 10.6. The summed E-state index contributed by atoms with van der Waals surface area (Å²) in [5, 5.41) is 11.0. The number of anilines is 1. The van der Waals surface area contributed by atoms with Crippen molar-refractivity contribution in [2.75, 3.05) is 5.32 Å². The molecule has 2 heterocycles. The normalized spacial score (nSPS) is 31.2. The van der Waals surface area contributed by atoms with Gasteiger partial charge in [-0.15, -0.1) is 0 Å². The summed E-state index contributed by atoms with van der Waals surface area (Å²) in [6, 6.07) is 1.84. The van der Waals surface area contributed by atoms with E-state index in [1.165, 1.54) is 33.1 Å². The van der Waals surface area contributed by atoms with Crippen LogP contribution in [0.5, 0.6) is 0 Å². The topological polar surface area (TPSA) is 64.7 Å². The molecule has 4 bridgehead atoms. The Morgan fingerprint density at radius 3 is 2.30 bits per heavy atom. The Kier molecular flexibility index (Phi) is 4.31. The number of rotatable bonds is 4. The van der Waals surface area contributed by atoms with E-state index >= 15 is 0 Å². The highest BCUT2D eigenvalue weighted by molar-refractivity contribution is 5.92. The highest BCUT2D eigenvalue weighted by Crippen LogP contribution is 2.58. The molecule has 2 aromatic heterocycles. The van der Waals surface area contributed by atoms with E-state index in [9.17, 15) is 18.0 Å². The third-order valence-corrected chi connectivity index (χ3v) is 7.29. The van der Waals surface area contributed by atoms with Crippen molar-refractivity contribution in [1.29, 1.82) is 0 Å². The molecule has 6 nitrogen and oxygen atoms in total. The first-order valence-corrected chi connectivity index (χ1v) is 10.6. The molecule has 1 atom stereocenters. The largest absolute Gasteiger partial charge is 0.435 e. The van der Waals surface area contributed by atoms with Crippen LogP contribution < -0.4 is 5.32 Å².